The van der Waals surface area contributed by atoms with Crippen LogP contribution in [0.3, 0.4) is 0 Å². The van der Waals surface area contributed by atoms with Gasteiger partial charge in [0.2, 0.25) is 7.37 Å². The van der Waals surface area contributed by atoms with Gasteiger partial charge in [-0.25, -0.2) is 0 Å². The van der Waals surface area contributed by atoms with Crippen LogP contribution in [0.5, 0.6) is 0 Å². The molecule has 7 heteroatoms. The van der Waals surface area contributed by atoms with Crippen LogP contribution in [0.2, 0.25) is 0 Å². The molecule has 0 fully saturated rings. The minimum Gasteiger partial charge on any atom is -0.332 e. The summed E-state index contributed by atoms with van der Waals surface area (Å²) >= 11 is 0. The van der Waals surface area contributed by atoms with Crippen LogP contribution in [0.4, 0.5) is 0 Å². The largest absolute Gasteiger partial charge is 0.332 e. The molecule has 0 aromatic carbocycles. The lowest BCUT2D eigenvalue weighted by Crippen LogP contribution is -2.11. The maximum atomic E-state index is 11.2. The highest BCUT2D eigenvalue weighted by molar-refractivity contribution is 7.87. The highest BCUT2D eigenvalue weighted by atomic mass is 32.2. The Hall–Kier alpha value is 0.100. The lowest BCUT2D eigenvalue weighted by molar-refractivity contribution is 0.390. The van der Waals surface area contributed by atoms with E-state index in [1.54, 1.807) is 0 Å². The Bertz CT molecular complexity index is 270. The average molecular weight is 216 g/mol. The van der Waals surface area contributed by atoms with Gasteiger partial charge in [0.1, 0.15) is 0 Å². The summed E-state index contributed by atoms with van der Waals surface area (Å²) in [4.78, 5) is 0. The van der Waals surface area contributed by atoms with Crippen LogP contribution in [-0.2, 0) is 23.4 Å². The van der Waals surface area contributed by atoms with Crippen LogP contribution in [0.25, 0.3) is 0 Å². The molecular weight excluding hydrogens is 203 g/mol. The minimum atomic E-state index is -3.51. The van der Waals surface area contributed by atoms with E-state index in [0.29, 0.717) is 0 Å². The molecule has 0 rings (SSSR count). The third kappa shape index (κ3) is 4.87. The van der Waals surface area contributed by atoms with Crippen molar-refractivity contribution in [2.24, 2.45) is 0 Å². The van der Waals surface area contributed by atoms with Crippen LogP contribution in [0.15, 0.2) is 0 Å². The van der Waals surface area contributed by atoms with Crippen LogP contribution in [-0.4, -0.2) is 41.2 Å². The summed E-state index contributed by atoms with van der Waals surface area (Å²) in [7, 11) is -3.89. The van der Waals surface area contributed by atoms with E-state index in [-0.39, 0.29) is 11.9 Å². The van der Waals surface area contributed by atoms with Gasteiger partial charge >= 0.3 is 0 Å². The Morgan fingerprint density at radius 1 is 1.33 bits per heavy atom. The number of hydrogen-bond donors (Lipinski definition) is 0. The van der Waals surface area contributed by atoms with E-state index in [2.05, 4.69) is 8.71 Å². The summed E-state index contributed by atoms with van der Waals surface area (Å²) in [6.07, 6.45) is -0.0142. The van der Waals surface area contributed by atoms with E-state index in [4.69, 9.17) is 0 Å². The van der Waals surface area contributed by atoms with Gasteiger partial charge in [-0.3, -0.25) is 8.75 Å². The van der Waals surface area contributed by atoms with Crippen molar-refractivity contribution in [2.45, 2.75) is 0 Å². The quantitative estimate of drug-likeness (QED) is 0.495. The van der Waals surface area contributed by atoms with Gasteiger partial charge in [-0.2, -0.15) is 8.42 Å². The van der Waals surface area contributed by atoms with E-state index in [1.807, 2.05) is 0 Å². The first-order chi connectivity index (χ1) is 5.33. The summed E-state index contributed by atoms with van der Waals surface area (Å²) in [5.41, 5.74) is 0. The zero-order valence-corrected chi connectivity index (χ0v) is 9.02. The molecule has 0 aliphatic carbocycles. The zero-order valence-electron chi connectivity index (χ0n) is 7.31. The van der Waals surface area contributed by atoms with Crippen LogP contribution in [0, 0.1) is 0 Å². The number of rotatable bonds is 5. The molecule has 0 radical (unpaired) electrons. The van der Waals surface area contributed by atoms with Crippen molar-refractivity contribution in [1.82, 2.24) is 0 Å². The SMILES string of the molecule is COP(C)(=O)CCS(=O)(=O)OC. The fourth-order valence-corrected chi connectivity index (χ4v) is 3.02. The molecule has 5 nitrogen and oxygen atoms in total. The van der Waals surface area contributed by atoms with E-state index in [9.17, 15) is 13.0 Å². The van der Waals surface area contributed by atoms with Crippen molar-refractivity contribution >= 4 is 17.5 Å². The summed E-state index contributed by atoms with van der Waals surface area (Å²) < 4.78 is 41.5. The fraction of sp³-hybridized carbons (Fsp3) is 1.00. The summed E-state index contributed by atoms with van der Waals surface area (Å²) in [6, 6.07) is 0. The molecule has 0 aliphatic rings. The van der Waals surface area contributed by atoms with Gasteiger partial charge in [0, 0.05) is 19.9 Å². The normalized spacial score (nSPS) is 17.2. The van der Waals surface area contributed by atoms with Crippen LogP contribution < -0.4 is 0 Å². The topological polar surface area (TPSA) is 69.7 Å². The molecule has 0 spiro atoms. The Kier molecular flexibility index (Phi) is 4.40. The lowest BCUT2D eigenvalue weighted by Gasteiger charge is -2.09. The van der Waals surface area contributed by atoms with Gasteiger partial charge in [0.25, 0.3) is 10.1 Å². The highest BCUT2D eigenvalue weighted by Crippen LogP contribution is 2.40. The molecule has 12 heavy (non-hydrogen) atoms. The van der Waals surface area contributed by atoms with Gasteiger partial charge in [-0.15, -0.1) is 0 Å². The smallest absolute Gasteiger partial charge is 0.267 e. The average Bonchev–Trinajstić information content (AvgIpc) is 2.02. The highest BCUT2D eigenvalue weighted by Gasteiger charge is 2.18. The van der Waals surface area contributed by atoms with E-state index >= 15 is 0 Å². The molecule has 0 aromatic rings. The van der Waals surface area contributed by atoms with Crippen LogP contribution >= 0.6 is 7.37 Å². The molecule has 0 saturated heterocycles. The molecule has 1 unspecified atom stereocenters. The molecule has 1 atom stereocenters. The van der Waals surface area contributed by atoms with Crippen LogP contribution in [0.1, 0.15) is 0 Å². The molecular formula is C5H13O5PS. The van der Waals surface area contributed by atoms with Gasteiger partial charge in [0.05, 0.1) is 12.9 Å². The molecule has 0 bridgehead atoms. The summed E-state index contributed by atoms with van der Waals surface area (Å²) in [6.45, 7) is 1.39. The zero-order chi connectivity index (χ0) is 9.83. The lowest BCUT2D eigenvalue weighted by atomic mass is 11.0. The molecule has 0 N–H and O–H groups in total. The third-order valence-electron chi connectivity index (χ3n) is 1.39. The van der Waals surface area contributed by atoms with Crippen molar-refractivity contribution in [3.8, 4) is 0 Å². The molecule has 0 heterocycles. The van der Waals surface area contributed by atoms with E-state index in [1.165, 1.54) is 13.8 Å². The first-order valence-corrected chi connectivity index (χ1v) is 7.07. The Morgan fingerprint density at radius 2 is 1.83 bits per heavy atom. The van der Waals surface area contributed by atoms with Crippen molar-refractivity contribution in [3.63, 3.8) is 0 Å². The second-order valence-electron chi connectivity index (χ2n) is 2.35. The summed E-state index contributed by atoms with van der Waals surface area (Å²) in [5.74, 6) is -0.273. The van der Waals surface area contributed by atoms with Crippen molar-refractivity contribution in [2.75, 3.05) is 32.8 Å². The predicted octanol–water partition coefficient (Wildman–Crippen LogP) is 0.517. The standard InChI is InChI=1S/C5H13O5PS/c1-9-11(3,6)4-5-12(7,8)10-2/h4-5H2,1-3H3. The van der Waals surface area contributed by atoms with Gasteiger partial charge in [0.15, 0.2) is 0 Å². The Balaban J connectivity index is 4.10. The first kappa shape index (κ1) is 12.1. The Labute approximate surface area is 72.6 Å². The third-order valence-corrected chi connectivity index (χ3v) is 4.71. The van der Waals surface area contributed by atoms with E-state index < -0.39 is 17.5 Å². The molecule has 74 valence electrons. The van der Waals surface area contributed by atoms with Gasteiger partial charge in [-0.1, -0.05) is 0 Å². The number of hydrogen-bond acceptors (Lipinski definition) is 5. The van der Waals surface area contributed by atoms with Crippen molar-refractivity contribution < 1.29 is 21.7 Å². The monoisotopic (exact) mass is 216 g/mol. The second kappa shape index (κ2) is 4.37. The Morgan fingerprint density at radius 3 is 2.17 bits per heavy atom. The molecule has 0 amide bonds. The fourth-order valence-electron chi connectivity index (χ4n) is 0.452. The first-order valence-electron chi connectivity index (χ1n) is 3.23. The molecule has 0 aromatic heterocycles. The molecule has 0 saturated carbocycles. The van der Waals surface area contributed by atoms with Gasteiger partial charge < -0.3 is 4.52 Å². The second-order valence-corrected chi connectivity index (χ2v) is 7.05. The maximum absolute atomic E-state index is 11.2. The van der Waals surface area contributed by atoms with E-state index in [0.717, 1.165) is 7.11 Å². The predicted molar refractivity (Wildman–Crippen MR) is 46.2 cm³/mol. The van der Waals surface area contributed by atoms with Crippen molar-refractivity contribution in [1.29, 1.82) is 0 Å². The van der Waals surface area contributed by atoms with Gasteiger partial charge in [-0.05, 0) is 0 Å². The molecule has 0 aliphatic heterocycles. The van der Waals surface area contributed by atoms with Crippen molar-refractivity contribution in [3.05, 3.63) is 0 Å². The minimum absolute atomic E-state index is 0.0142. The summed E-state index contributed by atoms with van der Waals surface area (Å²) in [5, 5.41) is 0. The maximum Gasteiger partial charge on any atom is 0.267 e.